The smallest absolute Gasteiger partial charge is 0.254 e. The third kappa shape index (κ3) is 3.40. The first kappa shape index (κ1) is 17.3. The number of likely N-dealkylation sites (tertiary alicyclic amines) is 1. The molecule has 1 fully saturated rings. The van der Waals surface area contributed by atoms with Gasteiger partial charge in [-0.05, 0) is 54.5 Å². The van der Waals surface area contributed by atoms with Crippen molar-refractivity contribution < 1.29 is 14.3 Å². The minimum absolute atomic E-state index is 0.101. The van der Waals surface area contributed by atoms with Gasteiger partial charge in [-0.3, -0.25) is 4.79 Å². The summed E-state index contributed by atoms with van der Waals surface area (Å²) in [5.41, 5.74) is 3.14. The van der Waals surface area contributed by atoms with Crippen molar-refractivity contribution >= 4 is 17.7 Å². The van der Waals surface area contributed by atoms with Gasteiger partial charge in [0.2, 0.25) is 0 Å². The molecule has 26 heavy (non-hydrogen) atoms. The van der Waals surface area contributed by atoms with Crippen molar-refractivity contribution in [3.63, 3.8) is 0 Å². The number of benzene rings is 2. The summed E-state index contributed by atoms with van der Waals surface area (Å²) in [5.74, 6) is 2.66. The van der Waals surface area contributed by atoms with Crippen molar-refractivity contribution in [2.24, 2.45) is 0 Å². The van der Waals surface area contributed by atoms with Gasteiger partial charge in [-0.2, -0.15) is 11.8 Å². The molecule has 4 rings (SSSR count). The van der Waals surface area contributed by atoms with Crippen LogP contribution in [0.1, 0.15) is 40.4 Å². The van der Waals surface area contributed by atoms with Crippen LogP contribution in [0, 0.1) is 0 Å². The second kappa shape index (κ2) is 7.62. The molecule has 1 amide bonds. The van der Waals surface area contributed by atoms with Crippen LogP contribution in [0.5, 0.6) is 11.5 Å². The predicted octanol–water partition coefficient (Wildman–Crippen LogP) is 4.30. The van der Waals surface area contributed by atoms with Crippen molar-refractivity contribution in [3.05, 3.63) is 59.2 Å². The number of rotatable bonds is 4. The molecule has 0 radical (unpaired) electrons. The number of hydrogen-bond acceptors (Lipinski definition) is 4. The monoisotopic (exact) mass is 369 g/mol. The number of carbonyl (C=O) groups is 1. The number of fused-ring (bicyclic) bond motifs is 1. The normalized spacial score (nSPS) is 18.8. The highest BCUT2D eigenvalue weighted by Crippen LogP contribution is 2.38. The SMILES string of the molecule is CSCc1ccc(C(=O)N2CCC[C@H]2c2ccc3c(c2)OCCO3)cc1. The van der Waals surface area contributed by atoms with Gasteiger partial charge in [0.25, 0.3) is 5.91 Å². The topological polar surface area (TPSA) is 38.8 Å². The zero-order chi connectivity index (χ0) is 17.9. The summed E-state index contributed by atoms with van der Waals surface area (Å²) in [7, 11) is 0. The Balaban J connectivity index is 1.55. The largest absolute Gasteiger partial charge is 0.486 e. The molecule has 0 unspecified atom stereocenters. The number of ether oxygens (including phenoxy) is 2. The van der Waals surface area contributed by atoms with E-state index in [0.717, 1.165) is 47.8 Å². The Labute approximate surface area is 158 Å². The third-order valence-electron chi connectivity index (χ3n) is 4.98. The fourth-order valence-electron chi connectivity index (χ4n) is 3.70. The molecule has 136 valence electrons. The van der Waals surface area contributed by atoms with Crippen LogP contribution in [0.3, 0.4) is 0 Å². The Morgan fingerprint density at radius 1 is 1.12 bits per heavy atom. The number of hydrogen-bond donors (Lipinski definition) is 0. The molecule has 2 heterocycles. The van der Waals surface area contributed by atoms with E-state index in [-0.39, 0.29) is 11.9 Å². The summed E-state index contributed by atoms with van der Waals surface area (Å²) in [6.07, 6.45) is 4.09. The molecule has 2 aromatic rings. The molecule has 0 aromatic heterocycles. The second-order valence-electron chi connectivity index (χ2n) is 6.69. The third-order valence-corrected chi connectivity index (χ3v) is 5.60. The van der Waals surface area contributed by atoms with Crippen molar-refractivity contribution in [2.45, 2.75) is 24.6 Å². The Morgan fingerprint density at radius 2 is 1.88 bits per heavy atom. The van der Waals surface area contributed by atoms with E-state index in [2.05, 4.69) is 24.5 Å². The molecular weight excluding hydrogens is 346 g/mol. The zero-order valence-electron chi connectivity index (χ0n) is 14.9. The van der Waals surface area contributed by atoms with Crippen molar-refractivity contribution in [3.8, 4) is 11.5 Å². The quantitative estimate of drug-likeness (QED) is 0.806. The summed E-state index contributed by atoms with van der Waals surface area (Å²) in [6.45, 7) is 1.96. The van der Waals surface area contributed by atoms with E-state index in [4.69, 9.17) is 9.47 Å². The van der Waals surface area contributed by atoms with E-state index in [0.29, 0.717) is 13.2 Å². The Morgan fingerprint density at radius 3 is 2.65 bits per heavy atom. The maximum Gasteiger partial charge on any atom is 0.254 e. The lowest BCUT2D eigenvalue weighted by atomic mass is 10.0. The Kier molecular flexibility index (Phi) is 5.07. The predicted molar refractivity (Wildman–Crippen MR) is 104 cm³/mol. The lowest BCUT2D eigenvalue weighted by Crippen LogP contribution is -2.30. The summed E-state index contributed by atoms with van der Waals surface area (Å²) >= 11 is 1.79. The molecule has 5 heteroatoms. The van der Waals surface area contributed by atoms with Crippen LogP contribution >= 0.6 is 11.8 Å². The van der Waals surface area contributed by atoms with E-state index in [1.807, 2.05) is 29.2 Å². The standard InChI is InChI=1S/C21H23NO3S/c1-26-14-15-4-6-16(7-5-15)21(23)22-10-2-3-18(22)17-8-9-19-20(13-17)25-12-11-24-19/h4-9,13,18H,2-3,10-12,14H2,1H3/t18-/m0/s1. The molecule has 0 N–H and O–H groups in total. The average Bonchev–Trinajstić information content (AvgIpc) is 3.18. The van der Waals surface area contributed by atoms with Gasteiger partial charge in [-0.1, -0.05) is 18.2 Å². The maximum atomic E-state index is 13.1. The van der Waals surface area contributed by atoms with Crippen molar-refractivity contribution in [1.29, 1.82) is 0 Å². The van der Waals surface area contributed by atoms with Gasteiger partial charge >= 0.3 is 0 Å². The minimum Gasteiger partial charge on any atom is -0.486 e. The van der Waals surface area contributed by atoms with Crippen LogP contribution in [0.4, 0.5) is 0 Å². The van der Waals surface area contributed by atoms with Gasteiger partial charge in [-0.25, -0.2) is 0 Å². The van der Waals surface area contributed by atoms with Gasteiger partial charge in [0.1, 0.15) is 13.2 Å². The molecule has 0 bridgehead atoms. The Bertz CT molecular complexity index is 790. The van der Waals surface area contributed by atoms with E-state index < -0.39 is 0 Å². The van der Waals surface area contributed by atoms with Crippen LogP contribution < -0.4 is 9.47 Å². The molecule has 0 spiro atoms. The van der Waals surface area contributed by atoms with Crippen LogP contribution in [-0.2, 0) is 5.75 Å². The number of thioether (sulfide) groups is 1. The molecule has 2 aliphatic rings. The van der Waals surface area contributed by atoms with E-state index >= 15 is 0 Å². The maximum absolute atomic E-state index is 13.1. The second-order valence-corrected chi connectivity index (χ2v) is 7.56. The molecule has 1 saturated heterocycles. The molecule has 0 aliphatic carbocycles. The number of carbonyl (C=O) groups excluding carboxylic acids is 1. The van der Waals surface area contributed by atoms with Crippen LogP contribution in [0.15, 0.2) is 42.5 Å². The van der Waals surface area contributed by atoms with E-state index in [1.165, 1.54) is 5.56 Å². The highest BCUT2D eigenvalue weighted by atomic mass is 32.2. The number of amides is 1. The van der Waals surface area contributed by atoms with Crippen LogP contribution in [0.25, 0.3) is 0 Å². The molecule has 2 aromatic carbocycles. The van der Waals surface area contributed by atoms with Gasteiger partial charge < -0.3 is 14.4 Å². The van der Waals surface area contributed by atoms with Gasteiger partial charge in [0.05, 0.1) is 6.04 Å². The first-order chi connectivity index (χ1) is 12.8. The fourth-order valence-corrected chi connectivity index (χ4v) is 4.23. The van der Waals surface area contributed by atoms with Crippen molar-refractivity contribution in [2.75, 3.05) is 26.0 Å². The molecular formula is C21H23NO3S. The lowest BCUT2D eigenvalue weighted by molar-refractivity contribution is 0.0735. The average molecular weight is 369 g/mol. The van der Waals surface area contributed by atoms with Crippen LogP contribution in [-0.4, -0.2) is 36.8 Å². The zero-order valence-corrected chi connectivity index (χ0v) is 15.8. The first-order valence-electron chi connectivity index (χ1n) is 9.04. The van der Waals surface area contributed by atoms with Crippen molar-refractivity contribution in [1.82, 2.24) is 4.90 Å². The summed E-state index contributed by atoms with van der Waals surface area (Å²) in [5, 5.41) is 0. The summed E-state index contributed by atoms with van der Waals surface area (Å²) < 4.78 is 11.3. The van der Waals surface area contributed by atoms with Crippen LogP contribution in [0.2, 0.25) is 0 Å². The summed E-state index contributed by atoms with van der Waals surface area (Å²) in [4.78, 5) is 15.0. The van der Waals surface area contributed by atoms with E-state index in [1.54, 1.807) is 11.8 Å². The van der Waals surface area contributed by atoms with E-state index in [9.17, 15) is 4.79 Å². The highest BCUT2D eigenvalue weighted by molar-refractivity contribution is 7.97. The van der Waals surface area contributed by atoms with Gasteiger partial charge in [0, 0.05) is 17.9 Å². The molecule has 2 aliphatic heterocycles. The Hall–Kier alpha value is -2.14. The van der Waals surface area contributed by atoms with Gasteiger partial charge in [-0.15, -0.1) is 0 Å². The first-order valence-corrected chi connectivity index (χ1v) is 10.4. The molecule has 4 nitrogen and oxygen atoms in total. The minimum atomic E-state index is 0.101. The molecule has 0 saturated carbocycles. The highest BCUT2D eigenvalue weighted by Gasteiger charge is 2.31. The van der Waals surface area contributed by atoms with Gasteiger partial charge in [0.15, 0.2) is 11.5 Å². The molecule has 1 atom stereocenters. The summed E-state index contributed by atoms with van der Waals surface area (Å²) in [6, 6.07) is 14.2. The number of nitrogens with zero attached hydrogens (tertiary/aromatic N) is 1. The lowest BCUT2D eigenvalue weighted by Gasteiger charge is -2.27. The fraction of sp³-hybridized carbons (Fsp3) is 0.381.